The Morgan fingerprint density at radius 3 is 3.08 bits per heavy atom. The molecule has 0 aliphatic carbocycles. The molecule has 0 bridgehead atoms. The first-order valence-electron chi connectivity index (χ1n) is 4.58. The highest BCUT2D eigenvalue weighted by Gasteiger charge is 2.07. The zero-order valence-electron chi connectivity index (χ0n) is 8.11. The molecule has 0 amide bonds. The van der Waals surface area contributed by atoms with Crippen LogP contribution in [0.25, 0.3) is 0 Å². The van der Waals surface area contributed by atoms with E-state index >= 15 is 0 Å². The fourth-order valence-electron chi connectivity index (χ4n) is 1.25. The number of hydrogen-bond acceptors (Lipinski definition) is 2. The van der Waals surface area contributed by atoms with Gasteiger partial charge in [-0.25, -0.2) is 4.98 Å². The number of nitrogens with zero attached hydrogens (tertiary/aromatic N) is 2. The normalized spacial score (nSPS) is 12.8. The number of allylic oxidation sites excluding steroid dienone is 1. The lowest BCUT2D eigenvalue weighted by atomic mass is 10.1. The molecule has 72 valence electrons. The summed E-state index contributed by atoms with van der Waals surface area (Å²) in [6.45, 7) is 3.67. The summed E-state index contributed by atoms with van der Waals surface area (Å²) in [5.41, 5.74) is 6.92. The number of rotatable bonds is 5. The van der Waals surface area contributed by atoms with Gasteiger partial charge in [0.15, 0.2) is 0 Å². The summed E-state index contributed by atoms with van der Waals surface area (Å²) in [4.78, 5) is 4.21. The second-order valence-electron chi connectivity index (χ2n) is 3.29. The molecule has 0 aromatic carbocycles. The van der Waals surface area contributed by atoms with Gasteiger partial charge in [0, 0.05) is 19.3 Å². The third kappa shape index (κ3) is 3.03. The van der Waals surface area contributed by atoms with Crippen molar-refractivity contribution in [2.45, 2.75) is 25.3 Å². The molecule has 1 rings (SSSR count). The van der Waals surface area contributed by atoms with E-state index in [1.54, 1.807) is 6.33 Å². The van der Waals surface area contributed by atoms with Crippen molar-refractivity contribution in [2.75, 3.05) is 0 Å². The van der Waals surface area contributed by atoms with Crippen LogP contribution in [0, 0.1) is 0 Å². The molecule has 0 aliphatic rings. The van der Waals surface area contributed by atoms with Crippen molar-refractivity contribution < 1.29 is 0 Å². The molecule has 1 aromatic rings. The van der Waals surface area contributed by atoms with Crippen molar-refractivity contribution in [3.63, 3.8) is 0 Å². The number of aromatic nitrogens is 2. The molecule has 1 unspecified atom stereocenters. The number of imidazole rings is 1. The third-order valence-corrected chi connectivity index (χ3v) is 2.03. The summed E-state index contributed by atoms with van der Waals surface area (Å²) in [6, 6.07) is 0.0705. The van der Waals surface area contributed by atoms with E-state index in [9.17, 15) is 0 Å². The Morgan fingerprint density at radius 2 is 2.54 bits per heavy atom. The number of unbranched alkanes of at least 4 members (excludes halogenated alkanes) is 1. The maximum absolute atomic E-state index is 5.94. The molecular weight excluding hydrogens is 162 g/mol. The molecule has 0 saturated heterocycles. The Kier molecular flexibility index (Phi) is 3.71. The van der Waals surface area contributed by atoms with Crippen LogP contribution in [0.5, 0.6) is 0 Å². The van der Waals surface area contributed by atoms with E-state index in [0.717, 1.165) is 25.0 Å². The largest absolute Gasteiger partial charge is 0.340 e. The van der Waals surface area contributed by atoms with Crippen molar-refractivity contribution >= 4 is 0 Å². The summed E-state index contributed by atoms with van der Waals surface area (Å²) in [5.74, 6) is 0. The fraction of sp³-hybridized carbons (Fsp3) is 0.500. The van der Waals surface area contributed by atoms with Crippen LogP contribution in [0.3, 0.4) is 0 Å². The van der Waals surface area contributed by atoms with Gasteiger partial charge >= 0.3 is 0 Å². The molecule has 0 saturated carbocycles. The highest BCUT2D eigenvalue weighted by Crippen LogP contribution is 2.14. The van der Waals surface area contributed by atoms with Gasteiger partial charge in [0.25, 0.3) is 0 Å². The van der Waals surface area contributed by atoms with Gasteiger partial charge in [0.1, 0.15) is 0 Å². The molecule has 0 radical (unpaired) electrons. The molecule has 1 aromatic heterocycles. The first-order chi connectivity index (χ1) is 6.24. The lowest BCUT2D eigenvalue weighted by Gasteiger charge is -2.06. The number of nitrogens with two attached hydrogens (primary N) is 1. The summed E-state index contributed by atoms with van der Waals surface area (Å²) in [7, 11) is 1.95. The molecule has 0 aliphatic heterocycles. The van der Waals surface area contributed by atoms with Crippen LogP contribution in [0.2, 0.25) is 0 Å². The van der Waals surface area contributed by atoms with Gasteiger partial charge in [0.05, 0.1) is 12.0 Å². The molecular formula is C10H17N3. The minimum atomic E-state index is 0.0705. The summed E-state index contributed by atoms with van der Waals surface area (Å²) < 4.78 is 1.92. The zero-order valence-corrected chi connectivity index (χ0v) is 8.11. The number of hydrogen-bond donors (Lipinski definition) is 1. The van der Waals surface area contributed by atoms with E-state index in [1.165, 1.54) is 0 Å². The van der Waals surface area contributed by atoms with E-state index in [1.807, 2.05) is 23.9 Å². The second-order valence-corrected chi connectivity index (χ2v) is 3.29. The Hall–Kier alpha value is -1.09. The van der Waals surface area contributed by atoms with Crippen molar-refractivity contribution in [3.05, 3.63) is 30.9 Å². The van der Waals surface area contributed by atoms with Gasteiger partial charge < -0.3 is 10.3 Å². The Morgan fingerprint density at radius 1 is 1.77 bits per heavy atom. The smallest absolute Gasteiger partial charge is 0.0947 e. The fourth-order valence-corrected chi connectivity index (χ4v) is 1.25. The average molecular weight is 179 g/mol. The van der Waals surface area contributed by atoms with Gasteiger partial charge in [-0.1, -0.05) is 6.08 Å². The van der Waals surface area contributed by atoms with Gasteiger partial charge in [0.2, 0.25) is 0 Å². The topological polar surface area (TPSA) is 43.8 Å². The summed E-state index contributed by atoms with van der Waals surface area (Å²) >= 11 is 0. The monoisotopic (exact) mass is 179 g/mol. The van der Waals surface area contributed by atoms with Crippen LogP contribution in [-0.4, -0.2) is 9.55 Å². The molecule has 0 fully saturated rings. The van der Waals surface area contributed by atoms with E-state index in [-0.39, 0.29) is 6.04 Å². The van der Waals surface area contributed by atoms with Crippen LogP contribution < -0.4 is 5.73 Å². The van der Waals surface area contributed by atoms with Gasteiger partial charge in [-0.15, -0.1) is 6.58 Å². The van der Waals surface area contributed by atoms with E-state index < -0.39 is 0 Å². The first kappa shape index (κ1) is 9.99. The minimum absolute atomic E-state index is 0.0705. The minimum Gasteiger partial charge on any atom is -0.340 e. The van der Waals surface area contributed by atoms with Gasteiger partial charge in [-0.05, 0) is 19.3 Å². The van der Waals surface area contributed by atoms with Crippen molar-refractivity contribution in [3.8, 4) is 0 Å². The van der Waals surface area contributed by atoms with Crippen LogP contribution in [0.15, 0.2) is 25.2 Å². The zero-order chi connectivity index (χ0) is 9.68. The lowest BCUT2D eigenvalue weighted by Crippen LogP contribution is -2.10. The van der Waals surface area contributed by atoms with Gasteiger partial charge in [-0.2, -0.15) is 0 Å². The van der Waals surface area contributed by atoms with Crippen molar-refractivity contribution in [2.24, 2.45) is 12.8 Å². The van der Waals surface area contributed by atoms with E-state index in [2.05, 4.69) is 11.6 Å². The molecule has 3 heteroatoms. The highest BCUT2D eigenvalue weighted by atomic mass is 15.0. The molecule has 1 heterocycles. The summed E-state index contributed by atoms with van der Waals surface area (Å²) in [5, 5.41) is 0. The summed E-state index contributed by atoms with van der Waals surface area (Å²) in [6.07, 6.45) is 8.76. The van der Waals surface area contributed by atoms with Gasteiger partial charge in [-0.3, -0.25) is 0 Å². The van der Waals surface area contributed by atoms with E-state index in [0.29, 0.717) is 0 Å². The SMILES string of the molecule is C=CCCCC(N)c1cn(C)cn1. The molecule has 3 nitrogen and oxygen atoms in total. The predicted molar refractivity (Wildman–Crippen MR) is 54.2 cm³/mol. The first-order valence-corrected chi connectivity index (χ1v) is 4.58. The second kappa shape index (κ2) is 4.82. The lowest BCUT2D eigenvalue weighted by molar-refractivity contribution is 0.605. The Bertz CT molecular complexity index is 265. The molecule has 1 atom stereocenters. The molecule has 13 heavy (non-hydrogen) atoms. The average Bonchev–Trinajstić information content (AvgIpc) is 2.52. The highest BCUT2D eigenvalue weighted by molar-refractivity contribution is 5.02. The van der Waals surface area contributed by atoms with E-state index in [4.69, 9.17) is 5.73 Å². The standard InChI is InChI=1S/C10H17N3/c1-3-4-5-6-9(11)10-7-13(2)8-12-10/h3,7-9H,1,4-6,11H2,2H3. The van der Waals surface area contributed by atoms with Crippen LogP contribution in [-0.2, 0) is 7.05 Å². The van der Waals surface area contributed by atoms with Crippen LogP contribution in [0.4, 0.5) is 0 Å². The van der Waals surface area contributed by atoms with Crippen LogP contribution in [0.1, 0.15) is 31.0 Å². The Labute approximate surface area is 79.3 Å². The third-order valence-electron chi connectivity index (χ3n) is 2.03. The van der Waals surface area contributed by atoms with Crippen LogP contribution >= 0.6 is 0 Å². The quantitative estimate of drug-likeness (QED) is 0.553. The van der Waals surface area contributed by atoms with Crippen molar-refractivity contribution in [1.29, 1.82) is 0 Å². The predicted octanol–water partition coefficient (Wildman–Crippen LogP) is 1.78. The maximum Gasteiger partial charge on any atom is 0.0947 e. The maximum atomic E-state index is 5.94. The molecule has 2 N–H and O–H groups in total. The Balaban J connectivity index is 2.39. The number of aryl methyl sites for hydroxylation is 1. The molecule has 0 spiro atoms. The van der Waals surface area contributed by atoms with Crippen molar-refractivity contribution in [1.82, 2.24) is 9.55 Å².